The second-order valence-corrected chi connectivity index (χ2v) is 6.34. The Labute approximate surface area is 131 Å². The molecule has 0 bridgehead atoms. The van der Waals surface area contributed by atoms with Crippen molar-refractivity contribution in [3.8, 4) is 0 Å². The molecule has 0 unspecified atom stereocenters. The first-order valence-corrected chi connectivity index (χ1v) is 8.11. The Bertz CT molecular complexity index is 522. The van der Waals surface area contributed by atoms with Crippen molar-refractivity contribution in [3.63, 3.8) is 0 Å². The zero-order valence-electron chi connectivity index (χ0n) is 13.4. The predicted molar refractivity (Wildman–Crippen MR) is 85.7 cm³/mol. The van der Waals surface area contributed by atoms with Crippen LogP contribution in [0.3, 0.4) is 0 Å². The van der Waals surface area contributed by atoms with Crippen molar-refractivity contribution >= 4 is 11.8 Å². The van der Waals surface area contributed by atoms with Crippen molar-refractivity contribution < 1.29 is 9.59 Å². The van der Waals surface area contributed by atoms with Crippen molar-refractivity contribution in [1.29, 1.82) is 0 Å². The highest BCUT2D eigenvalue weighted by Crippen LogP contribution is 2.17. The van der Waals surface area contributed by atoms with Gasteiger partial charge in [0.2, 0.25) is 0 Å². The molecule has 0 spiro atoms. The van der Waals surface area contributed by atoms with E-state index in [0.29, 0.717) is 18.0 Å². The third kappa shape index (κ3) is 4.83. The summed E-state index contributed by atoms with van der Waals surface area (Å²) in [7, 11) is 0. The maximum atomic E-state index is 12.3. The molecule has 2 N–H and O–H groups in total. The average molecular weight is 303 g/mol. The zero-order chi connectivity index (χ0) is 15.9. The van der Waals surface area contributed by atoms with Gasteiger partial charge >= 0.3 is 0 Å². The van der Waals surface area contributed by atoms with Crippen molar-refractivity contribution in [1.82, 2.24) is 15.6 Å². The van der Waals surface area contributed by atoms with Crippen LogP contribution in [-0.4, -0.2) is 29.4 Å². The average Bonchev–Trinajstić information content (AvgIpc) is 2.53. The minimum Gasteiger partial charge on any atom is -0.350 e. The number of nitrogens with zero attached hydrogens (tertiary/aromatic N) is 1. The number of amides is 2. The third-order valence-corrected chi connectivity index (χ3v) is 3.87. The molecule has 1 fully saturated rings. The number of carbonyl (C=O) groups is 2. The van der Waals surface area contributed by atoms with Crippen LogP contribution in [0.5, 0.6) is 0 Å². The summed E-state index contributed by atoms with van der Waals surface area (Å²) in [6, 6.07) is 3.47. The summed E-state index contributed by atoms with van der Waals surface area (Å²) >= 11 is 0. The van der Waals surface area contributed by atoms with Gasteiger partial charge in [0.25, 0.3) is 11.8 Å². The van der Waals surface area contributed by atoms with E-state index >= 15 is 0 Å². The van der Waals surface area contributed by atoms with Crippen molar-refractivity contribution in [2.75, 3.05) is 6.54 Å². The molecule has 5 heteroatoms. The van der Waals surface area contributed by atoms with Crippen LogP contribution in [0.1, 0.15) is 66.8 Å². The number of aromatic nitrogens is 1. The van der Waals surface area contributed by atoms with E-state index in [2.05, 4.69) is 15.6 Å². The van der Waals surface area contributed by atoms with E-state index in [1.54, 1.807) is 12.1 Å². The van der Waals surface area contributed by atoms with Gasteiger partial charge in [-0.25, -0.2) is 0 Å². The molecule has 1 saturated carbocycles. The largest absolute Gasteiger partial charge is 0.350 e. The molecule has 0 radical (unpaired) electrons. The van der Waals surface area contributed by atoms with Crippen molar-refractivity contribution in [2.45, 2.75) is 52.0 Å². The smallest absolute Gasteiger partial charge is 0.269 e. The Hall–Kier alpha value is -1.91. The van der Waals surface area contributed by atoms with Crippen LogP contribution in [-0.2, 0) is 0 Å². The fourth-order valence-corrected chi connectivity index (χ4v) is 2.60. The number of nitrogens with one attached hydrogen (secondary N) is 2. The summed E-state index contributed by atoms with van der Waals surface area (Å²) in [5, 5.41) is 5.87. The maximum Gasteiger partial charge on any atom is 0.269 e. The Morgan fingerprint density at radius 2 is 1.95 bits per heavy atom. The Kier molecular flexibility index (Phi) is 5.92. The molecule has 1 aromatic rings. The number of pyridine rings is 1. The number of hydrogen-bond acceptors (Lipinski definition) is 3. The topological polar surface area (TPSA) is 71.1 Å². The van der Waals surface area contributed by atoms with Gasteiger partial charge in [0, 0.05) is 24.3 Å². The lowest BCUT2D eigenvalue weighted by molar-refractivity contribution is 0.0927. The Morgan fingerprint density at radius 3 is 2.64 bits per heavy atom. The molecular weight excluding hydrogens is 278 g/mol. The van der Waals surface area contributed by atoms with Gasteiger partial charge in [-0.3, -0.25) is 14.6 Å². The van der Waals surface area contributed by atoms with Gasteiger partial charge in [-0.05, 0) is 30.9 Å². The van der Waals surface area contributed by atoms with E-state index in [-0.39, 0.29) is 23.6 Å². The molecule has 1 aromatic heterocycles. The van der Waals surface area contributed by atoms with E-state index in [0.717, 1.165) is 12.8 Å². The molecule has 0 aromatic carbocycles. The van der Waals surface area contributed by atoms with E-state index in [1.165, 1.54) is 25.5 Å². The molecule has 1 aliphatic carbocycles. The van der Waals surface area contributed by atoms with Gasteiger partial charge in [0.05, 0.1) is 0 Å². The van der Waals surface area contributed by atoms with Crippen LogP contribution >= 0.6 is 0 Å². The fourth-order valence-electron chi connectivity index (χ4n) is 2.60. The normalized spacial score (nSPS) is 15.6. The molecule has 0 saturated heterocycles. The quantitative estimate of drug-likeness (QED) is 0.878. The van der Waals surface area contributed by atoms with Crippen LogP contribution in [0.15, 0.2) is 18.3 Å². The molecule has 1 heterocycles. The van der Waals surface area contributed by atoms with Gasteiger partial charge in [0.15, 0.2) is 0 Å². The number of rotatable bonds is 5. The molecule has 1 aliphatic rings. The van der Waals surface area contributed by atoms with Crippen LogP contribution in [0.4, 0.5) is 0 Å². The summed E-state index contributed by atoms with van der Waals surface area (Å²) in [6.45, 7) is 4.66. The van der Waals surface area contributed by atoms with Crippen LogP contribution in [0, 0.1) is 5.92 Å². The summed E-state index contributed by atoms with van der Waals surface area (Å²) in [4.78, 5) is 28.3. The fraction of sp³-hybridized carbons (Fsp3) is 0.588. The molecule has 22 heavy (non-hydrogen) atoms. The van der Waals surface area contributed by atoms with Gasteiger partial charge in [-0.1, -0.05) is 33.1 Å². The lowest BCUT2D eigenvalue weighted by Crippen LogP contribution is -2.36. The predicted octanol–water partition coefficient (Wildman–Crippen LogP) is 2.53. The molecule has 120 valence electrons. The highest BCUT2D eigenvalue weighted by atomic mass is 16.2. The summed E-state index contributed by atoms with van der Waals surface area (Å²) < 4.78 is 0. The molecular formula is C17H25N3O2. The molecule has 5 nitrogen and oxygen atoms in total. The second kappa shape index (κ2) is 7.92. The van der Waals surface area contributed by atoms with Crippen molar-refractivity contribution in [2.24, 2.45) is 5.92 Å². The molecule has 0 atom stereocenters. The van der Waals surface area contributed by atoms with Crippen LogP contribution < -0.4 is 10.6 Å². The SMILES string of the molecule is CC(C)CNC(=O)c1cc(C(=O)NC2CCCCC2)ccn1. The first kappa shape index (κ1) is 16.5. The summed E-state index contributed by atoms with van der Waals surface area (Å²) in [6.07, 6.45) is 7.19. The Morgan fingerprint density at radius 1 is 1.23 bits per heavy atom. The Balaban J connectivity index is 1.97. The molecule has 0 aliphatic heterocycles. The summed E-state index contributed by atoms with van der Waals surface area (Å²) in [5.41, 5.74) is 0.784. The van der Waals surface area contributed by atoms with Crippen molar-refractivity contribution in [3.05, 3.63) is 29.6 Å². The van der Waals surface area contributed by atoms with E-state index in [1.807, 2.05) is 13.8 Å². The minimum atomic E-state index is -0.235. The standard InChI is InChI=1S/C17H25N3O2/c1-12(2)11-19-17(22)15-10-13(8-9-18-15)16(21)20-14-6-4-3-5-7-14/h8-10,12,14H,3-7,11H2,1-2H3,(H,19,22)(H,20,21). The highest BCUT2D eigenvalue weighted by Gasteiger charge is 2.17. The monoisotopic (exact) mass is 303 g/mol. The van der Waals surface area contributed by atoms with E-state index in [9.17, 15) is 9.59 Å². The summed E-state index contributed by atoms with van der Waals surface area (Å²) in [5.74, 6) is 0.0231. The first-order valence-electron chi connectivity index (χ1n) is 8.11. The zero-order valence-corrected chi connectivity index (χ0v) is 13.4. The lowest BCUT2D eigenvalue weighted by Gasteiger charge is -2.22. The van der Waals surface area contributed by atoms with Crippen LogP contribution in [0.25, 0.3) is 0 Å². The van der Waals surface area contributed by atoms with Gasteiger partial charge in [-0.2, -0.15) is 0 Å². The first-order chi connectivity index (χ1) is 10.6. The highest BCUT2D eigenvalue weighted by molar-refractivity contribution is 5.98. The van der Waals surface area contributed by atoms with E-state index < -0.39 is 0 Å². The number of carbonyl (C=O) groups excluding carboxylic acids is 2. The third-order valence-electron chi connectivity index (χ3n) is 3.87. The van der Waals surface area contributed by atoms with Crippen LogP contribution in [0.2, 0.25) is 0 Å². The number of hydrogen-bond donors (Lipinski definition) is 2. The maximum absolute atomic E-state index is 12.3. The second-order valence-electron chi connectivity index (χ2n) is 6.34. The van der Waals surface area contributed by atoms with E-state index in [4.69, 9.17) is 0 Å². The molecule has 2 rings (SSSR count). The minimum absolute atomic E-state index is 0.118. The van der Waals surface area contributed by atoms with Gasteiger partial charge in [0.1, 0.15) is 5.69 Å². The van der Waals surface area contributed by atoms with Gasteiger partial charge in [-0.15, -0.1) is 0 Å². The molecule has 2 amide bonds. The lowest BCUT2D eigenvalue weighted by atomic mass is 9.95. The van der Waals surface area contributed by atoms with Gasteiger partial charge < -0.3 is 10.6 Å².